The molecule has 0 aliphatic heterocycles. The molecule has 2 rings (SSSR count). The maximum absolute atomic E-state index is 5.93. The predicted octanol–water partition coefficient (Wildman–Crippen LogP) is 4.41. The summed E-state index contributed by atoms with van der Waals surface area (Å²) in [5, 5.41) is 4.30. The molecule has 2 aromatic rings. The lowest BCUT2D eigenvalue weighted by Crippen LogP contribution is -2.20. The molecule has 0 spiro atoms. The van der Waals surface area contributed by atoms with Crippen LogP contribution >= 0.6 is 22.9 Å². The monoisotopic (exact) mass is 265 g/mol. The molecule has 0 fully saturated rings. The number of aryl methyl sites for hydroxylation is 1. The first-order chi connectivity index (χ1) is 8.20. The van der Waals surface area contributed by atoms with Gasteiger partial charge in [0.1, 0.15) is 0 Å². The van der Waals surface area contributed by atoms with Crippen LogP contribution in [-0.2, 0) is 0 Å². The lowest BCUT2D eigenvalue weighted by molar-refractivity contribution is 0.640. The predicted molar refractivity (Wildman–Crippen MR) is 76.0 cm³/mol. The first kappa shape index (κ1) is 12.6. The quantitative estimate of drug-likeness (QED) is 0.864. The van der Waals surface area contributed by atoms with E-state index in [1.54, 1.807) is 0 Å². The summed E-state index contributed by atoms with van der Waals surface area (Å²) in [6.45, 7) is 5.21. The Morgan fingerprint density at radius 2 is 1.88 bits per heavy atom. The van der Waals surface area contributed by atoms with Gasteiger partial charge >= 0.3 is 0 Å². The molecule has 0 saturated heterocycles. The van der Waals surface area contributed by atoms with Crippen LogP contribution in [0.25, 0.3) is 0 Å². The summed E-state index contributed by atoms with van der Waals surface area (Å²) in [6.07, 6.45) is 0. The van der Waals surface area contributed by atoms with Gasteiger partial charge in [-0.15, -0.1) is 11.3 Å². The van der Waals surface area contributed by atoms with Crippen molar-refractivity contribution in [3.05, 3.63) is 56.7 Å². The largest absolute Gasteiger partial charge is 0.306 e. The van der Waals surface area contributed by atoms with Crippen molar-refractivity contribution in [2.24, 2.45) is 0 Å². The van der Waals surface area contributed by atoms with Gasteiger partial charge in [-0.05, 0) is 43.3 Å². The zero-order chi connectivity index (χ0) is 12.3. The molecule has 1 aromatic heterocycles. The highest BCUT2D eigenvalue weighted by Gasteiger charge is 2.14. The highest BCUT2D eigenvalue weighted by molar-refractivity contribution is 7.12. The fourth-order valence-electron chi connectivity index (χ4n) is 1.85. The Morgan fingerprint density at radius 1 is 1.18 bits per heavy atom. The molecule has 17 heavy (non-hydrogen) atoms. The fourth-order valence-corrected chi connectivity index (χ4v) is 2.96. The number of benzene rings is 1. The van der Waals surface area contributed by atoms with Gasteiger partial charge in [-0.3, -0.25) is 0 Å². The lowest BCUT2D eigenvalue weighted by atomic mass is 10.1. The van der Waals surface area contributed by atoms with E-state index in [0.717, 1.165) is 11.6 Å². The Hall–Kier alpha value is -0.830. The van der Waals surface area contributed by atoms with Crippen LogP contribution in [0.2, 0.25) is 5.02 Å². The number of hydrogen-bond acceptors (Lipinski definition) is 2. The Kier molecular flexibility index (Phi) is 4.21. The Labute approximate surface area is 111 Å². The number of halogens is 1. The third-order valence-corrected chi connectivity index (χ3v) is 3.97. The van der Waals surface area contributed by atoms with Crippen molar-refractivity contribution in [1.29, 1.82) is 0 Å². The van der Waals surface area contributed by atoms with Crippen LogP contribution in [0.5, 0.6) is 0 Å². The molecule has 0 aliphatic carbocycles. The van der Waals surface area contributed by atoms with Crippen LogP contribution in [-0.4, -0.2) is 6.54 Å². The van der Waals surface area contributed by atoms with E-state index in [1.807, 2.05) is 23.5 Å². The molecule has 0 radical (unpaired) electrons. The summed E-state index contributed by atoms with van der Waals surface area (Å²) < 4.78 is 0. The summed E-state index contributed by atoms with van der Waals surface area (Å²) in [7, 11) is 0. The van der Waals surface area contributed by atoms with Crippen LogP contribution in [0, 0.1) is 6.92 Å². The Balaban J connectivity index is 2.31. The van der Waals surface area contributed by atoms with E-state index in [9.17, 15) is 0 Å². The molecule has 0 bridgehead atoms. The molecule has 90 valence electrons. The van der Waals surface area contributed by atoms with Crippen molar-refractivity contribution in [3.63, 3.8) is 0 Å². The van der Waals surface area contributed by atoms with Crippen LogP contribution in [0.4, 0.5) is 0 Å². The van der Waals surface area contributed by atoms with Gasteiger partial charge < -0.3 is 5.32 Å². The van der Waals surface area contributed by atoms with Gasteiger partial charge in [-0.2, -0.15) is 0 Å². The Morgan fingerprint density at radius 3 is 2.41 bits per heavy atom. The van der Waals surface area contributed by atoms with Crippen molar-refractivity contribution in [1.82, 2.24) is 5.32 Å². The molecule has 1 nitrogen and oxygen atoms in total. The standard InChI is InChI=1S/C14H16ClNS/c1-3-16-14(13-9-4-10(2)17-13)11-5-7-12(15)8-6-11/h4-9,14,16H,3H2,1-2H3. The molecule has 3 heteroatoms. The van der Waals surface area contributed by atoms with Crippen molar-refractivity contribution in [3.8, 4) is 0 Å². The van der Waals surface area contributed by atoms with E-state index in [-0.39, 0.29) is 6.04 Å². The van der Waals surface area contributed by atoms with E-state index >= 15 is 0 Å². The van der Waals surface area contributed by atoms with Crippen molar-refractivity contribution in [2.45, 2.75) is 19.9 Å². The molecule has 0 saturated carbocycles. The highest BCUT2D eigenvalue weighted by atomic mass is 35.5. The zero-order valence-corrected chi connectivity index (χ0v) is 11.6. The number of rotatable bonds is 4. The smallest absolute Gasteiger partial charge is 0.0671 e. The van der Waals surface area contributed by atoms with Gasteiger partial charge in [0.05, 0.1) is 6.04 Å². The van der Waals surface area contributed by atoms with E-state index in [2.05, 4.69) is 43.4 Å². The topological polar surface area (TPSA) is 12.0 Å². The molecule has 0 amide bonds. The van der Waals surface area contributed by atoms with Crippen LogP contribution in [0.3, 0.4) is 0 Å². The van der Waals surface area contributed by atoms with Gasteiger partial charge in [-0.25, -0.2) is 0 Å². The van der Waals surface area contributed by atoms with Gasteiger partial charge in [0.15, 0.2) is 0 Å². The molecule has 1 aromatic carbocycles. The summed E-state index contributed by atoms with van der Waals surface area (Å²) in [4.78, 5) is 2.70. The minimum Gasteiger partial charge on any atom is -0.306 e. The first-order valence-electron chi connectivity index (χ1n) is 5.76. The second kappa shape index (κ2) is 5.67. The maximum atomic E-state index is 5.93. The minimum absolute atomic E-state index is 0.274. The third-order valence-electron chi connectivity index (χ3n) is 2.66. The lowest BCUT2D eigenvalue weighted by Gasteiger charge is -2.17. The van der Waals surface area contributed by atoms with Crippen molar-refractivity contribution in [2.75, 3.05) is 6.54 Å². The molecule has 1 heterocycles. The van der Waals surface area contributed by atoms with Crippen LogP contribution in [0.15, 0.2) is 36.4 Å². The van der Waals surface area contributed by atoms with Crippen LogP contribution < -0.4 is 5.32 Å². The third kappa shape index (κ3) is 3.09. The molecule has 1 unspecified atom stereocenters. The summed E-state index contributed by atoms with van der Waals surface area (Å²) in [6, 6.07) is 12.7. The average Bonchev–Trinajstić information content (AvgIpc) is 2.74. The van der Waals surface area contributed by atoms with E-state index in [1.165, 1.54) is 15.3 Å². The average molecular weight is 266 g/mol. The number of hydrogen-bond donors (Lipinski definition) is 1. The maximum Gasteiger partial charge on any atom is 0.0671 e. The molecular formula is C14H16ClNS. The first-order valence-corrected chi connectivity index (χ1v) is 6.95. The number of nitrogens with one attached hydrogen (secondary N) is 1. The summed E-state index contributed by atoms with van der Waals surface area (Å²) in [5.41, 5.74) is 1.26. The Bertz CT molecular complexity index is 475. The summed E-state index contributed by atoms with van der Waals surface area (Å²) in [5.74, 6) is 0. The van der Waals surface area contributed by atoms with Crippen molar-refractivity contribution >= 4 is 22.9 Å². The SMILES string of the molecule is CCNC(c1ccc(Cl)cc1)c1ccc(C)s1. The summed E-state index contributed by atoms with van der Waals surface area (Å²) >= 11 is 7.77. The van der Waals surface area contributed by atoms with Gasteiger partial charge in [0.25, 0.3) is 0 Å². The van der Waals surface area contributed by atoms with Gasteiger partial charge in [0.2, 0.25) is 0 Å². The molecular weight excluding hydrogens is 250 g/mol. The van der Waals surface area contributed by atoms with E-state index in [0.29, 0.717) is 0 Å². The van der Waals surface area contributed by atoms with Crippen molar-refractivity contribution < 1.29 is 0 Å². The van der Waals surface area contributed by atoms with Crippen LogP contribution in [0.1, 0.15) is 28.3 Å². The second-order valence-electron chi connectivity index (χ2n) is 3.99. The fraction of sp³-hybridized carbons (Fsp3) is 0.286. The molecule has 1 atom stereocenters. The number of thiophene rings is 1. The van der Waals surface area contributed by atoms with Gasteiger partial charge in [0, 0.05) is 14.8 Å². The van der Waals surface area contributed by atoms with Gasteiger partial charge in [-0.1, -0.05) is 30.7 Å². The zero-order valence-electron chi connectivity index (χ0n) is 10.0. The van der Waals surface area contributed by atoms with E-state index < -0.39 is 0 Å². The van der Waals surface area contributed by atoms with E-state index in [4.69, 9.17) is 11.6 Å². The normalized spacial score (nSPS) is 12.6. The minimum atomic E-state index is 0.274. The highest BCUT2D eigenvalue weighted by Crippen LogP contribution is 2.28. The second-order valence-corrected chi connectivity index (χ2v) is 5.75. The molecule has 0 aliphatic rings. The molecule has 1 N–H and O–H groups in total.